The van der Waals surface area contributed by atoms with E-state index in [1.807, 2.05) is 62.4 Å². The highest BCUT2D eigenvalue weighted by Gasteiger charge is 2.33. The summed E-state index contributed by atoms with van der Waals surface area (Å²) in [6, 6.07) is 21.7. The Balaban J connectivity index is 1.80. The van der Waals surface area contributed by atoms with Gasteiger partial charge >= 0.3 is 6.03 Å². The Kier molecular flexibility index (Phi) is 16.8. The molecule has 3 atom stereocenters. The van der Waals surface area contributed by atoms with Gasteiger partial charge in [-0.25, -0.2) is 10.2 Å². The van der Waals surface area contributed by atoms with Gasteiger partial charge in [0.25, 0.3) is 0 Å². The molecule has 6 amide bonds. The average Bonchev–Trinajstić information content (AvgIpc) is 3.13. The van der Waals surface area contributed by atoms with Crippen molar-refractivity contribution < 1.29 is 38.2 Å². The molecule has 0 saturated carbocycles. The summed E-state index contributed by atoms with van der Waals surface area (Å²) in [5.74, 6) is -3.07. The highest BCUT2D eigenvalue weighted by Crippen LogP contribution is 2.24. The molecule has 0 aromatic heterocycles. The van der Waals surface area contributed by atoms with E-state index < -0.39 is 47.4 Å². The molecule has 3 rings (SSSR count). The van der Waals surface area contributed by atoms with Crippen molar-refractivity contribution in [1.82, 2.24) is 21.4 Å². The molecule has 3 unspecified atom stereocenters. The van der Waals surface area contributed by atoms with Crippen LogP contribution in [-0.4, -0.2) is 59.5 Å². The number of hydrogen-bond acceptors (Lipinski definition) is 9. The summed E-state index contributed by atoms with van der Waals surface area (Å²) >= 11 is 0. The molecule has 15 nitrogen and oxygen atoms in total. The molecular weight excluding hydrogens is 706 g/mol. The van der Waals surface area contributed by atoms with Gasteiger partial charge in [-0.05, 0) is 69.4 Å². The number of para-hydroxylation sites is 1. The van der Waals surface area contributed by atoms with Gasteiger partial charge in [0.05, 0.1) is 12.5 Å². The molecule has 3 aromatic carbocycles. The Morgan fingerprint density at radius 1 is 0.836 bits per heavy atom. The summed E-state index contributed by atoms with van der Waals surface area (Å²) in [6.45, 7) is 9.07. The molecule has 0 bridgehead atoms. The molecule has 0 heterocycles. The topological polar surface area (TPSA) is 219 Å². The number of nitrogens with one attached hydrogen (secondary N) is 5. The van der Waals surface area contributed by atoms with Crippen LogP contribution in [0.4, 0.5) is 10.5 Å². The lowest BCUT2D eigenvalue weighted by Crippen LogP contribution is -2.51. The highest BCUT2D eigenvalue weighted by atomic mass is 16.5. The molecule has 0 radical (unpaired) electrons. The number of carbonyl (C=O) groups excluding carboxylic acids is 6. The Bertz CT molecular complexity index is 1780. The minimum Gasteiger partial charge on any atom is -0.474 e. The van der Waals surface area contributed by atoms with Gasteiger partial charge in [-0.3, -0.25) is 19.2 Å². The number of urea groups is 1. The number of primary amides is 1. The van der Waals surface area contributed by atoms with Crippen molar-refractivity contribution in [3.8, 4) is 11.5 Å². The molecule has 0 saturated heterocycles. The molecule has 15 heteroatoms. The number of aldehydes is 1. The number of hydrogen-bond donors (Lipinski definition) is 6. The minimum atomic E-state index is -1.33. The number of anilines is 1. The quantitative estimate of drug-likeness (QED) is 0.0335. The summed E-state index contributed by atoms with van der Waals surface area (Å²) in [7, 11) is 0. The molecule has 55 heavy (non-hydrogen) atoms. The number of ether oxygens (including phenoxy) is 2. The number of rotatable bonds is 19. The fourth-order valence-electron chi connectivity index (χ4n) is 5.18. The number of carbonyl (C=O) groups is 6. The monoisotopic (exact) mass is 757 g/mol. The molecule has 0 aliphatic rings. The van der Waals surface area contributed by atoms with E-state index >= 15 is 0 Å². The lowest BCUT2D eigenvalue weighted by Gasteiger charge is -2.26. The first-order chi connectivity index (χ1) is 26.1. The third-order valence-corrected chi connectivity index (χ3v) is 7.65. The molecule has 0 fully saturated rings. The Labute approximate surface area is 321 Å². The van der Waals surface area contributed by atoms with Crippen LogP contribution in [0.1, 0.15) is 65.9 Å². The van der Waals surface area contributed by atoms with Crippen LogP contribution >= 0.6 is 0 Å². The summed E-state index contributed by atoms with van der Waals surface area (Å²) in [4.78, 5) is 77.6. The van der Waals surface area contributed by atoms with Crippen molar-refractivity contribution in [2.75, 3.05) is 5.32 Å². The largest absolute Gasteiger partial charge is 0.474 e. The molecule has 294 valence electrons. The maximum Gasteiger partial charge on any atom is 0.332 e. The summed E-state index contributed by atoms with van der Waals surface area (Å²) in [5.41, 5.74) is 7.67. The standard InChI is InChI=1S/C40H51N7O8/c1-26(2)21-32(36(50)44-29(25-48)23-35(46-47-39(41)53)55-40(3,4)5)37(51)45-33(19-20-34(49)42-24-27-13-8-6-9-14-27)38(52)43-28-15-12-18-31(22-28)54-30-16-10-7-11-17-30/h6-18,22,25-26,29,32-33H,19-21,23-24H2,1-5H3,(H,42,49)(H,43,52)(H,44,50)(H,45,51)(H3,41,47,53). The van der Waals surface area contributed by atoms with Crippen LogP contribution in [0.3, 0.4) is 0 Å². The van der Waals surface area contributed by atoms with E-state index in [0.717, 1.165) is 5.56 Å². The minimum absolute atomic E-state index is 0.0662. The number of nitrogens with two attached hydrogens (primary N) is 1. The number of amides is 6. The van der Waals surface area contributed by atoms with Crippen molar-refractivity contribution in [3.63, 3.8) is 0 Å². The Morgan fingerprint density at radius 3 is 2.09 bits per heavy atom. The van der Waals surface area contributed by atoms with Gasteiger partial charge < -0.3 is 41.3 Å². The second-order valence-electron chi connectivity index (χ2n) is 14.1. The van der Waals surface area contributed by atoms with E-state index in [-0.39, 0.29) is 50.0 Å². The van der Waals surface area contributed by atoms with E-state index in [1.54, 1.807) is 57.2 Å². The molecule has 0 spiro atoms. The van der Waals surface area contributed by atoms with Gasteiger partial charge in [-0.1, -0.05) is 68.4 Å². The molecule has 0 aliphatic heterocycles. The molecule has 7 N–H and O–H groups in total. The van der Waals surface area contributed by atoms with Crippen LogP contribution in [0.2, 0.25) is 0 Å². The van der Waals surface area contributed by atoms with Crippen LogP contribution in [0.5, 0.6) is 11.5 Å². The van der Waals surface area contributed by atoms with Crippen LogP contribution < -0.4 is 37.2 Å². The molecule has 0 aliphatic carbocycles. The predicted octanol–water partition coefficient (Wildman–Crippen LogP) is 4.53. The second kappa shape index (κ2) is 21.5. The Hall–Kier alpha value is -6.25. The lowest BCUT2D eigenvalue weighted by molar-refractivity contribution is -0.139. The van der Waals surface area contributed by atoms with Gasteiger partial charge in [0, 0.05) is 24.7 Å². The number of benzene rings is 3. The summed E-state index contributed by atoms with van der Waals surface area (Å²) < 4.78 is 11.6. The fraction of sp³-hybridized carbons (Fsp3) is 0.375. The smallest absolute Gasteiger partial charge is 0.332 e. The number of hydrazone groups is 1. The van der Waals surface area contributed by atoms with Crippen LogP contribution in [0.15, 0.2) is 90.0 Å². The van der Waals surface area contributed by atoms with Crippen molar-refractivity contribution in [3.05, 3.63) is 90.5 Å². The van der Waals surface area contributed by atoms with Crippen LogP contribution in [0, 0.1) is 11.8 Å². The van der Waals surface area contributed by atoms with Gasteiger partial charge in [-0.2, -0.15) is 0 Å². The van der Waals surface area contributed by atoms with Crippen molar-refractivity contribution in [2.24, 2.45) is 22.7 Å². The van der Waals surface area contributed by atoms with Crippen molar-refractivity contribution in [1.29, 1.82) is 0 Å². The van der Waals surface area contributed by atoms with E-state index in [4.69, 9.17) is 15.2 Å². The van der Waals surface area contributed by atoms with E-state index in [1.165, 1.54) is 0 Å². The normalized spacial score (nSPS) is 13.0. The Morgan fingerprint density at radius 2 is 1.47 bits per heavy atom. The first-order valence-electron chi connectivity index (χ1n) is 17.9. The van der Waals surface area contributed by atoms with Gasteiger partial charge in [0.15, 0.2) is 0 Å². The van der Waals surface area contributed by atoms with E-state index in [0.29, 0.717) is 23.5 Å². The predicted molar refractivity (Wildman–Crippen MR) is 208 cm³/mol. The first-order valence-corrected chi connectivity index (χ1v) is 17.9. The van der Waals surface area contributed by atoms with Crippen molar-refractivity contribution >= 4 is 47.5 Å². The molecular formula is C40H51N7O8. The third-order valence-electron chi connectivity index (χ3n) is 7.65. The lowest BCUT2D eigenvalue weighted by atomic mass is 9.94. The SMILES string of the molecule is CC(C)CC(C(=O)NC(C=O)CC(=NNC(N)=O)OC(C)(C)C)C(=O)NC(CCC(=O)NCc1ccccc1)C(=O)Nc1cccc(Oc2ccccc2)c1. The van der Waals surface area contributed by atoms with Crippen LogP contribution in [0.25, 0.3) is 0 Å². The van der Waals surface area contributed by atoms with E-state index in [9.17, 15) is 28.8 Å². The molecule has 3 aromatic rings. The van der Waals surface area contributed by atoms with E-state index in [2.05, 4.69) is 31.8 Å². The van der Waals surface area contributed by atoms with Crippen LogP contribution in [-0.2, 0) is 35.3 Å². The zero-order chi connectivity index (χ0) is 40.4. The zero-order valence-corrected chi connectivity index (χ0v) is 31.8. The third kappa shape index (κ3) is 16.5. The maximum atomic E-state index is 13.9. The highest BCUT2D eigenvalue weighted by molar-refractivity contribution is 6.04. The summed E-state index contributed by atoms with van der Waals surface area (Å²) in [6.07, 6.45) is 0.0394. The van der Waals surface area contributed by atoms with Gasteiger partial charge in [0.2, 0.25) is 29.5 Å². The summed E-state index contributed by atoms with van der Waals surface area (Å²) in [5, 5.41) is 14.7. The number of nitrogens with zero attached hydrogens (tertiary/aromatic N) is 1. The first kappa shape index (κ1) is 43.2. The maximum absolute atomic E-state index is 13.9. The van der Waals surface area contributed by atoms with Gasteiger partial charge in [0.1, 0.15) is 35.3 Å². The van der Waals surface area contributed by atoms with Crippen molar-refractivity contribution in [2.45, 2.75) is 84.5 Å². The zero-order valence-electron chi connectivity index (χ0n) is 31.8. The average molecular weight is 758 g/mol. The fourth-order valence-corrected chi connectivity index (χ4v) is 5.18. The second-order valence-corrected chi connectivity index (χ2v) is 14.1. The van der Waals surface area contributed by atoms with Gasteiger partial charge in [-0.15, -0.1) is 5.10 Å².